The van der Waals surface area contributed by atoms with Gasteiger partial charge in [0.1, 0.15) is 0 Å². The Morgan fingerprint density at radius 3 is 2.55 bits per heavy atom. The Morgan fingerprint density at radius 2 is 2.09 bits per heavy atom. The molecule has 1 unspecified atom stereocenters. The van der Waals surface area contributed by atoms with Crippen LogP contribution in [0.25, 0.3) is 0 Å². The van der Waals surface area contributed by atoms with Crippen LogP contribution in [0.4, 0.5) is 0 Å². The van der Waals surface area contributed by atoms with Gasteiger partial charge in [0.05, 0.1) is 0 Å². The second-order valence-corrected chi connectivity index (χ2v) is 3.08. The van der Waals surface area contributed by atoms with E-state index < -0.39 is 0 Å². The summed E-state index contributed by atoms with van der Waals surface area (Å²) in [5.41, 5.74) is 0. The van der Waals surface area contributed by atoms with Crippen molar-refractivity contribution in [3.8, 4) is 0 Å². The molecule has 0 amide bonds. The lowest BCUT2D eigenvalue weighted by molar-refractivity contribution is 0.167. The number of methoxy groups -OCH3 is 1. The molecule has 1 atom stereocenters. The van der Waals surface area contributed by atoms with Crippen molar-refractivity contribution in [1.82, 2.24) is 4.90 Å². The SMILES string of the molecule is CCC(C)N(C)CCCOC. The summed E-state index contributed by atoms with van der Waals surface area (Å²) in [5.74, 6) is 0. The minimum atomic E-state index is 0.701. The number of hydrogen-bond acceptors (Lipinski definition) is 2. The summed E-state index contributed by atoms with van der Waals surface area (Å²) in [6.45, 7) is 6.49. The van der Waals surface area contributed by atoms with Gasteiger partial charge in [0, 0.05) is 26.3 Å². The zero-order chi connectivity index (χ0) is 8.69. The number of hydrogen-bond donors (Lipinski definition) is 0. The first-order valence-electron chi connectivity index (χ1n) is 4.41. The molecule has 0 aromatic heterocycles. The van der Waals surface area contributed by atoms with Crippen molar-refractivity contribution in [1.29, 1.82) is 0 Å². The largest absolute Gasteiger partial charge is 0.385 e. The van der Waals surface area contributed by atoms with E-state index in [1.807, 2.05) is 0 Å². The fourth-order valence-electron chi connectivity index (χ4n) is 0.990. The summed E-state index contributed by atoms with van der Waals surface area (Å²) in [7, 11) is 3.92. The highest BCUT2D eigenvalue weighted by atomic mass is 16.5. The lowest BCUT2D eigenvalue weighted by Crippen LogP contribution is -2.29. The van der Waals surface area contributed by atoms with Crippen molar-refractivity contribution >= 4 is 0 Å². The Hall–Kier alpha value is -0.0800. The lowest BCUT2D eigenvalue weighted by Gasteiger charge is -2.22. The van der Waals surface area contributed by atoms with Gasteiger partial charge in [-0.3, -0.25) is 0 Å². The molecule has 0 saturated carbocycles. The van der Waals surface area contributed by atoms with Crippen molar-refractivity contribution in [2.24, 2.45) is 0 Å². The van der Waals surface area contributed by atoms with Gasteiger partial charge in [-0.2, -0.15) is 0 Å². The highest BCUT2D eigenvalue weighted by molar-refractivity contribution is 4.59. The molecule has 0 N–H and O–H groups in total. The highest BCUT2D eigenvalue weighted by Gasteiger charge is 2.04. The number of rotatable bonds is 6. The van der Waals surface area contributed by atoms with Crippen molar-refractivity contribution in [2.45, 2.75) is 32.7 Å². The van der Waals surface area contributed by atoms with Crippen LogP contribution in [0.1, 0.15) is 26.7 Å². The third kappa shape index (κ3) is 5.22. The van der Waals surface area contributed by atoms with Crippen LogP contribution in [0.2, 0.25) is 0 Å². The molecular weight excluding hydrogens is 138 g/mol. The predicted molar refractivity (Wildman–Crippen MR) is 48.9 cm³/mol. The van der Waals surface area contributed by atoms with Crippen molar-refractivity contribution in [2.75, 3.05) is 27.3 Å². The van der Waals surface area contributed by atoms with E-state index in [0.717, 1.165) is 19.6 Å². The summed E-state index contributed by atoms with van der Waals surface area (Å²) in [4.78, 5) is 2.37. The van der Waals surface area contributed by atoms with Crippen molar-refractivity contribution in [3.63, 3.8) is 0 Å². The van der Waals surface area contributed by atoms with Crippen LogP contribution in [0, 0.1) is 0 Å². The minimum Gasteiger partial charge on any atom is -0.385 e. The summed E-state index contributed by atoms with van der Waals surface area (Å²) in [6.07, 6.45) is 2.36. The zero-order valence-corrected chi connectivity index (χ0v) is 8.26. The molecule has 2 heteroatoms. The molecule has 0 radical (unpaired) electrons. The van der Waals surface area contributed by atoms with Gasteiger partial charge in [0.2, 0.25) is 0 Å². The normalized spacial score (nSPS) is 13.9. The molecule has 0 heterocycles. The zero-order valence-electron chi connectivity index (χ0n) is 8.26. The van der Waals surface area contributed by atoms with Gasteiger partial charge in [-0.25, -0.2) is 0 Å². The molecule has 0 aromatic carbocycles. The maximum absolute atomic E-state index is 4.98. The van der Waals surface area contributed by atoms with E-state index in [2.05, 4.69) is 25.8 Å². The molecular formula is C9H21NO. The topological polar surface area (TPSA) is 12.5 Å². The molecule has 0 rings (SSSR count). The second kappa shape index (κ2) is 6.62. The Balaban J connectivity index is 3.28. The van der Waals surface area contributed by atoms with Crippen LogP contribution in [0.5, 0.6) is 0 Å². The van der Waals surface area contributed by atoms with Gasteiger partial charge in [0.15, 0.2) is 0 Å². The Kier molecular flexibility index (Phi) is 6.57. The van der Waals surface area contributed by atoms with Crippen LogP contribution < -0.4 is 0 Å². The van der Waals surface area contributed by atoms with E-state index in [4.69, 9.17) is 4.74 Å². The fourth-order valence-corrected chi connectivity index (χ4v) is 0.990. The van der Waals surface area contributed by atoms with Crippen molar-refractivity contribution in [3.05, 3.63) is 0 Å². The fraction of sp³-hybridized carbons (Fsp3) is 1.00. The molecule has 2 nitrogen and oxygen atoms in total. The standard InChI is InChI=1S/C9H21NO/c1-5-9(2)10(3)7-6-8-11-4/h9H,5-8H2,1-4H3. The van der Waals surface area contributed by atoms with E-state index in [0.29, 0.717) is 6.04 Å². The van der Waals surface area contributed by atoms with E-state index in [1.54, 1.807) is 7.11 Å². The molecule has 68 valence electrons. The summed E-state index contributed by atoms with van der Waals surface area (Å²) < 4.78 is 4.98. The van der Waals surface area contributed by atoms with Gasteiger partial charge in [-0.1, -0.05) is 6.92 Å². The third-order valence-electron chi connectivity index (χ3n) is 2.20. The first kappa shape index (κ1) is 10.9. The van der Waals surface area contributed by atoms with Gasteiger partial charge < -0.3 is 9.64 Å². The Bertz CT molecular complexity index is 85.6. The van der Waals surface area contributed by atoms with Gasteiger partial charge in [-0.15, -0.1) is 0 Å². The third-order valence-corrected chi connectivity index (χ3v) is 2.20. The quantitative estimate of drug-likeness (QED) is 0.547. The van der Waals surface area contributed by atoms with Crippen LogP contribution in [-0.4, -0.2) is 38.3 Å². The Morgan fingerprint density at radius 1 is 1.45 bits per heavy atom. The minimum absolute atomic E-state index is 0.701. The first-order valence-corrected chi connectivity index (χ1v) is 4.41. The molecule has 0 bridgehead atoms. The molecule has 11 heavy (non-hydrogen) atoms. The molecule has 0 aromatic rings. The van der Waals surface area contributed by atoms with Crippen molar-refractivity contribution < 1.29 is 4.74 Å². The van der Waals surface area contributed by atoms with Crippen LogP contribution >= 0.6 is 0 Å². The summed E-state index contributed by atoms with van der Waals surface area (Å²) in [6, 6.07) is 0.701. The maximum atomic E-state index is 4.98. The molecule has 0 saturated heterocycles. The first-order chi connectivity index (χ1) is 5.22. The molecule has 0 spiro atoms. The highest BCUT2D eigenvalue weighted by Crippen LogP contribution is 2.00. The second-order valence-electron chi connectivity index (χ2n) is 3.08. The van der Waals surface area contributed by atoms with Crippen LogP contribution in [0.15, 0.2) is 0 Å². The van der Waals surface area contributed by atoms with E-state index >= 15 is 0 Å². The predicted octanol–water partition coefficient (Wildman–Crippen LogP) is 1.75. The average molecular weight is 159 g/mol. The molecule has 0 aliphatic carbocycles. The van der Waals surface area contributed by atoms with Crippen LogP contribution in [0.3, 0.4) is 0 Å². The van der Waals surface area contributed by atoms with E-state index in [1.165, 1.54) is 6.42 Å². The smallest absolute Gasteiger partial charge is 0.0474 e. The van der Waals surface area contributed by atoms with E-state index in [9.17, 15) is 0 Å². The maximum Gasteiger partial charge on any atom is 0.0474 e. The summed E-state index contributed by atoms with van der Waals surface area (Å²) in [5, 5.41) is 0. The van der Waals surface area contributed by atoms with Gasteiger partial charge in [0.25, 0.3) is 0 Å². The van der Waals surface area contributed by atoms with Gasteiger partial charge >= 0.3 is 0 Å². The van der Waals surface area contributed by atoms with Crippen LogP contribution in [-0.2, 0) is 4.74 Å². The van der Waals surface area contributed by atoms with E-state index in [-0.39, 0.29) is 0 Å². The Labute approximate surface area is 70.5 Å². The summed E-state index contributed by atoms with van der Waals surface area (Å²) >= 11 is 0. The molecule has 0 aliphatic rings. The number of nitrogens with zero attached hydrogens (tertiary/aromatic N) is 1. The molecule has 0 aliphatic heterocycles. The number of ether oxygens (including phenoxy) is 1. The average Bonchev–Trinajstić information content (AvgIpc) is 2.03. The van der Waals surface area contributed by atoms with Gasteiger partial charge in [-0.05, 0) is 26.8 Å². The monoisotopic (exact) mass is 159 g/mol. The molecule has 0 fully saturated rings. The lowest BCUT2D eigenvalue weighted by atomic mass is 10.2.